The van der Waals surface area contributed by atoms with Crippen molar-refractivity contribution in [2.75, 3.05) is 6.54 Å². The molecule has 2 rings (SSSR count). The van der Waals surface area contributed by atoms with Crippen LogP contribution in [0.15, 0.2) is 30.3 Å². The van der Waals surface area contributed by atoms with Crippen molar-refractivity contribution in [3.63, 3.8) is 0 Å². The van der Waals surface area contributed by atoms with Crippen LogP contribution in [0.2, 0.25) is 0 Å². The van der Waals surface area contributed by atoms with Crippen molar-refractivity contribution >= 4 is 5.91 Å². The zero-order chi connectivity index (χ0) is 13.7. The highest BCUT2D eigenvalue weighted by molar-refractivity contribution is 5.78. The number of amides is 1. The van der Waals surface area contributed by atoms with Crippen LogP contribution in [0.5, 0.6) is 0 Å². The Morgan fingerprint density at radius 2 is 2.00 bits per heavy atom. The molecular weight excluding hydrogens is 236 g/mol. The standard InChI is InChI=1S/C16H24N2O/c1-12(11-17)16(19)18-15-10-6-5-9-14(15)13-7-3-2-4-8-13/h2-4,7-8,12,14-15H,5-6,9-11,17H2,1H3,(H,18,19). The minimum Gasteiger partial charge on any atom is -0.352 e. The summed E-state index contributed by atoms with van der Waals surface area (Å²) in [5.41, 5.74) is 6.90. The second-order valence-electron chi connectivity index (χ2n) is 5.55. The number of carbonyl (C=O) groups excluding carboxylic acids is 1. The van der Waals surface area contributed by atoms with Crippen molar-refractivity contribution < 1.29 is 4.79 Å². The van der Waals surface area contributed by atoms with E-state index in [9.17, 15) is 4.79 Å². The van der Waals surface area contributed by atoms with Gasteiger partial charge in [0.25, 0.3) is 0 Å². The molecule has 1 aliphatic carbocycles. The summed E-state index contributed by atoms with van der Waals surface area (Å²) in [4.78, 5) is 12.0. The molecule has 3 N–H and O–H groups in total. The van der Waals surface area contributed by atoms with E-state index in [1.807, 2.05) is 13.0 Å². The zero-order valence-corrected chi connectivity index (χ0v) is 11.6. The third-order valence-electron chi connectivity index (χ3n) is 4.12. The molecule has 0 bridgehead atoms. The van der Waals surface area contributed by atoms with Crippen LogP contribution in [-0.4, -0.2) is 18.5 Å². The van der Waals surface area contributed by atoms with Crippen molar-refractivity contribution in [2.45, 2.75) is 44.6 Å². The van der Waals surface area contributed by atoms with Gasteiger partial charge in [0, 0.05) is 24.4 Å². The van der Waals surface area contributed by atoms with E-state index < -0.39 is 0 Å². The van der Waals surface area contributed by atoms with Crippen molar-refractivity contribution in [2.24, 2.45) is 11.7 Å². The van der Waals surface area contributed by atoms with Gasteiger partial charge in [-0.25, -0.2) is 0 Å². The minimum atomic E-state index is -0.0988. The maximum atomic E-state index is 12.0. The van der Waals surface area contributed by atoms with E-state index in [-0.39, 0.29) is 17.9 Å². The van der Waals surface area contributed by atoms with Crippen LogP contribution < -0.4 is 11.1 Å². The second-order valence-corrected chi connectivity index (χ2v) is 5.55. The Bertz CT molecular complexity index is 404. The first kappa shape index (κ1) is 14.1. The van der Waals surface area contributed by atoms with Crippen LogP contribution in [0.1, 0.15) is 44.1 Å². The molecule has 3 nitrogen and oxygen atoms in total. The van der Waals surface area contributed by atoms with Gasteiger partial charge < -0.3 is 11.1 Å². The van der Waals surface area contributed by atoms with E-state index in [2.05, 4.69) is 29.6 Å². The van der Waals surface area contributed by atoms with Crippen molar-refractivity contribution in [3.8, 4) is 0 Å². The fourth-order valence-electron chi connectivity index (χ4n) is 2.83. The second kappa shape index (κ2) is 6.71. The van der Waals surface area contributed by atoms with Gasteiger partial charge in [0.15, 0.2) is 0 Å². The summed E-state index contributed by atoms with van der Waals surface area (Å²) < 4.78 is 0. The Balaban J connectivity index is 2.06. The van der Waals surface area contributed by atoms with E-state index in [0.29, 0.717) is 12.5 Å². The molecule has 1 aromatic rings. The lowest BCUT2D eigenvalue weighted by Crippen LogP contribution is -2.44. The van der Waals surface area contributed by atoms with Crippen LogP contribution in [0.3, 0.4) is 0 Å². The summed E-state index contributed by atoms with van der Waals surface area (Å²) in [6.45, 7) is 2.30. The van der Waals surface area contributed by atoms with Crippen molar-refractivity contribution in [1.82, 2.24) is 5.32 Å². The first-order chi connectivity index (χ1) is 9.22. The molecule has 3 atom stereocenters. The molecular formula is C16H24N2O. The number of nitrogens with two attached hydrogens (primary N) is 1. The summed E-state index contributed by atoms with van der Waals surface area (Å²) >= 11 is 0. The van der Waals surface area contributed by atoms with Crippen molar-refractivity contribution in [1.29, 1.82) is 0 Å². The highest BCUT2D eigenvalue weighted by Gasteiger charge is 2.28. The largest absolute Gasteiger partial charge is 0.352 e. The molecule has 1 fully saturated rings. The summed E-state index contributed by atoms with van der Waals surface area (Å²) in [5.74, 6) is 0.442. The minimum absolute atomic E-state index is 0.0929. The summed E-state index contributed by atoms with van der Waals surface area (Å²) in [6, 6.07) is 10.8. The molecule has 3 unspecified atom stereocenters. The Morgan fingerprint density at radius 1 is 1.32 bits per heavy atom. The van der Waals surface area contributed by atoms with Gasteiger partial charge in [-0.15, -0.1) is 0 Å². The summed E-state index contributed by atoms with van der Waals surface area (Å²) in [6.07, 6.45) is 4.68. The number of benzene rings is 1. The maximum absolute atomic E-state index is 12.0. The predicted molar refractivity (Wildman–Crippen MR) is 77.8 cm³/mol. The fourth-order valence-corrected chi connectivity index (χ4v) is 2.83. The highest BCUT2D eigenvalue weighted by Crippen LogP contribution is 2.33. The quantitative estimate of drug-likeness (QED) is 0.873. The van der Waals surface area contributed by atoms with Crippen LogP contribution in [-0.2, 0) is 4.79 Å². The molecule has 1 aromatic carbocycles. The summed E-state index contributed by atoms with van der Waals surface area (Å²) in [7, 11) is 0. The van der Waals surface area contributed by atoms with Crippen LogP contribution in [0.25, 0.3) is 0 Å². The Morgan fingerprint density at radius 3 is 2.68 bits per heavy atom. The van der Waals surface area contributed by atoms with E-state index in [0.717, 1.165) is 12.8 Å². The first-order valence-electron chi connectivity index (χ1n) is 7.27. The van der Waals surface area contributed by atoms with Crippen LogP contribution >= 0.6 is 0 Å². The van der Waals surface area contributed by atoms with Gasteiger partial charge in [-0.2, -0.15) is 0 Å². The third kappa shape index (κ3) is 3.57. The Labute approximate surface area is 115 Å². The molecule has 104 valence electrons. The topological polar surface area (TPSA) is 55.1 Å². The summed E-state index contributed by atoms with van der Waals surface area (Å²) in [5, 5.41) is 3.20. The zero-order valence-electron chi connectivity index (χ0n) is 11.6. The molecule has 1 saturated carbocycles. The molecule has 0 heterocycles. The Hall–Kier alpha value is -1.35. The van der Waals surface area contributed by atoms with E-state index in [1.54, 1.807) is 0 Å². The van der Waals surface area contributed by atoms with E-state index >= 15 is 0 Å². The van der Waals surface area contributed by atoms with E-state index in [4.69, 9.17) is 5.73 Å². The SMILES string of the molecule is CC(CN)C(=O)NC1CCCCC1c1ccccc1. The van der Waals surface area contributed by atoms with Gasteiger partial charge in [-0.1, -0.05) is 50.1 Å². The average Bonchev–Trinajstić information content (AvgIpc) is 2.47. The molecule has 0 aliphatic heterocycles. The number of rotatable bonds is 4. The highest BCUT2D eigenvalue weighted by atomic mass is 16.1. The average molecular weight is 260 g/mol. The number of hydrogen-bond donors (Lipinski definition) is 2. The van der Waals surface area contributed by atoms with Gasteiger partial charge in [0.2, 0.25) is 5.91 Å². The van der Waals surface area contributed by atoms with Gasteiger partial charge in [0.05, 0.1) is 0 Å². The normalized spacial score (nSPS) is 24.7. The van der Waals surface area contributed by atoms with E-state index in [1.165, 1.54) is 18.4 Å². The van der Waals surface area contributed by atoms with Crippen LogP contribution in [0.4, 0.5) is 0 Å². The molecule has 0 saturated heterocycles. The van der Waals surface area contributed by atoms with Crippen molar-refractivity contribution in [3.05, 3.63) is 35.9 Å². The number of nitrogens with one attached hydrogen (secondary N) is 1. The molecule has 1 amide bonds. The van der Waals surface area contributed by atoms with Gasteiger partial charge in [-0.05, 0) is 18.4 Å². The molecule has 0 radical (unpaired) electrons. The third-order valence-corrected chi connectivity index (χ3v) is 4.12. The molecule has 1 aliphatic rings. The lowest BCUT2D eigenvalue weighted by molar-refractivity contribution is -0.125. The van der Waals surface area contributed by atoms with Gasteiger partial charge in [0.1, 0.15) is 0 Å². The maximum Gasteiger partial charge on any atom is 0.224 e. The lowest BCUT2D eigenvalue weighted by atomic mass is 9.80. The lowest BCUT2D eigenvalue weighted by Gasteiger charge is -2.33. The monoisotopic (exact) mass is 260 g/mol. The molecule has 19 heavy (non-hydrogen) atoms. The fraction of sp³-hybridized carbons (Fsp3) is 0.562. The smallest absolute Gasteiger partial charge is 0.224 e. The molecule has 3 heteroatoms. The predicted octanol–water partition coefficient (Wildman–Crippen LogP) is 2.42. The first-order valence-corrected chi connectivity index (χ1v) is 7.27. The van der Waals surface area contributed by atoms with Gasteiger partial charge in [-0.3, -0.25) is 4.79 Å². The van der Waals surface area contributed by atoms with Crippen LogP contribution in [0, 0.1) is 5.92 Å². The van der Waals surface area contributed by atoms with Gasteiger partial charge >= 0.3 is 0 Å². The molecule has 0 aromatic heterocycles. The number of hydrogen-bond acceptors (Lipinski definition) is 2. The number of carbonyl (C=O) groups is 1. The Kier molecular flexibility index (Phi) is 4.97. The molecule has 0 spiro atoms.